The first-order valence-electron chi connectivity index (χ1n) is 6.69. The molecular formula is C14H22BrFN2O2S. The lowest BCUT2D eigenvalue weighted by atomic mass is 9.81. The fraction of sp³-hybridized carbons (Fsp3) is 0.571. The third-order valence-electron chi connectivity index (χ3n) is 3.87. The van der Waals surface area contributed by atoms with Crippen LogP contribution >= 0.6 is 15.9 Å². The normalized spacial score (nSPS) is 13.0. The van der Waals surface area contributed by atoms with Gasteiger partial charge in [-0.25, -0.2) is 17.5 Å². The van der Waals surface area contributed by atoms with Gasteiger partial charge in [-0.15, -0.1) is 0 Å². The summed E-state index contributed by atoms with van der Waals surface area (Å²) >= 11 is 3.18. The SMILES string of the molecule is CC(C)C(C)(C)CNS(=O)(=O)c1cc(Br)cc(CN)c1F. The molecule has 0 unspecified atom stereocenters. The number of nitrogens with two attached hydrogens (primary N) is 1. The fourth-order valence-corrected chi connectivity index (χ4v) is 3.55. The average molecular weight is 381 g/mol. The van der Waals surface area contributed by atoms with Crippen LogP contribution in [0.15, 0.2) is 21.5 Å². The van der Waals surface area contributed by atoms with Gasteiger partial charge in [-0.2, -0.15) is 0 Å². The largest absolute Gasteiger partial charge is 0.326 e. The standard InChI is InChI=1S/C14H22BrFN2O2S/c1-9(2)14(3,4)8-18-21(19,20)12-6-11(15)5-10(7-17)13(12)16/h5-6,9,18H,7-8,17H2,1-4H3. The minimum atomic E-state index is -3.92. The minimum Gasteiger partial charge on any atom is -0.326 e. The highest BCUT2D eigenvalue weighted by molar-refractivity contribution is 9.10. The van der Waals surface area contributed by atoms with Gasteiger partial charge in [0, 0.05) is 23.1 Å². The van der Waals surface area contributed by atoms with Gasteiger partial charge in [-0.05, 0) is 23.5 Å². The van der Waals surface area contributed by atoms with E-state index in [1.165, 1.54) is 12.1 Å². The molecule has 0 aliphatic rings. The smallest absolute Gasteiger partial charge is 0.243 e. The topological polar surface area (TPSA) is 72.2 Å². The summed E-state index contributed by atoms with van der Waals surface area (Å²) < 4.78 is 41.8. The second-order valence-corrected chi connectivity index (χ2v) is 8.70. The Hall–Kier alpha value is -0.500. The highest BCUT2D eigenvalue weighted by Gasteiger charge is 2.27. The monoisotopic (exact) mass is 380 g/mol. The molecule has 21 heavy (non-hydrogen) atoms. The van der Waals surface area contributed by atoms with E-state index in [4.69, 9.17) is 5.73 Å². The Morgan fingerprint density at radius 3 is 2.43 bits per heavy atom. The van der Waals surface area contributed by atoms with Crippen molar-refractivity contribution in [2.24, 2.45) is 17.1 Å². The highest BCUT2D eigenvalue weighted by atomic mass is 79.9. The van der Waals surface area contributed by atoms with E-state index in [1.54, 1.807) is 0 Å². The van der Waals surface area contributed by atoms with Crippen molar-refractivity contribution in [1.29, 1.82) is 0 Å². The maximum absolute atomic E-state index is 14.2. The Morgan fingerprint density at radius 1 is 1.38 bits per heavy atom. The van der Waals surface area contributed by atoms with Crippen LogP contribution in [-0.4, -0.2) is 15.0 Å². The molecule has 0 atom stereocenters. The lowest BCUT2D eigenvalue weighted by Crippen LogP contribution is -2.37. The summed E-state index contributed by atoms with van der Waals surface area (Å²) in [5.41, 5.74) is 5.37. The number of nitrogens with one attached hydrogen (secondary N) is 1. The van der Waals surface area contributed by atoms with Gasteiger partial charge in [-0.3, -0.25) is 0 Å². The van der Waals surface area contributed by atoms with E-state index < -0.39 is 15.8 Å². The van der Waals surface area contributed by atoms with Crippen molar-refractivity contribution in [1.82, 2.24) is 4.72 Å². The minimum absolute atomic E-state index is 0.0642. The molecule has 0 radical (unpaired) electrons. The Kier molecular flexibility index (Phi) is 5.94. The summed E-state index contributed by atoms with van der Waals surface area (Å²) in [5, 5.41) is 0. The van der Waals surface area contributed by atoms with Crippen molar-refractivity contribution in [3.8, 4) is 0 Å². The molecule has 0 bridgehead atoms. The van der Waals surface area contributed by atoms with E-state index >= 15 is 0 Å². The quantitative estimate of drug-likeness (QED) is 0.796. The molecule has 1 aromatic rings. The lowest BCUT2D eigenvalue weighted by Gasteiger charge is -2.29. The molecule has 0 fully saturated rings. The summed E-state index contributed by atoms with van der Waals surface area (Å²) in [7, 11) is -3.92. The predicted octanol–water partition coefficient (Wildman–Crippen LogP) is 3.01. The first-order chi connectivity index (χ1) is 9.51. The van der Waals surface area contributed by atoms with Crippen molar-refractivity contribution < 1.29 is 12.8 Å². The first kappa shape index (κ1) is 18.5. The molecule has 0 aliphatic heterocycles. The van der Waals surface area contributed by atoms with E-state index in [0.717, 1.165) is 0 Å². The second kappa shape index (κ2) is 6.73. The molecule has 0 saturated heterocycles. The zero-order valence-electron chi connectivity index (χ0n) is 12.7. The highest BCUT2D eigenvalue weighted by Crippen LogP contribution is 2.27. The molecule has 3 N–H and O–H groups in total. The third kappa shape index (κ3) is 4.48. The number of hydrogen-bond acceptors (Lipinski definition) is 3. The van der Waals surface area contributed by atoms with Crippen LogP contribution in [0.3, 0.4) is 0 Å². The predicted molar refractivity (Wildman–Crippen MR) is 85.8 cm³/mol. The van der Waals surface area contributed by atoms with Crippen molar-refractivity contribution in [3.63, 3.8) is 0 Å². The maximum Gasteiger partial charge on any atom is 0.243 e. The molecule has 1 aromatic carbocycles. The fourth-order valence-electron chi connectivity index (χ4n) is 1.53. The average Bonchev–Trinajstić information content (AvgIpc) is 2.38. The van der Waals surface area contributed by atoms with E-state index in [2.05, 4.69) is 20.7 Å². The van der Waals surface area contributed by atoms with Crippen LogP contribution in [0.25, 0.3) is 0 Å². The van der Waals surface area contributed by atoms with Gasteiger partial charge >= 0.3 is 0 Å². The van der Waals surface area contributed by atoms with Crippen molar-refractivity contribution >= 4 is 26.0 Å². The van der Waals surface area contributed by atoms with E-state index in [0.29, 0.717) is 4.47 Å². The molecule has 7 heteroatoms. The number of sulfonamides is 1. The second-order valence-electron chi connectivity index (χ2n) is 6.05. The number of rotatable bonds is 6. The van der Waals surface area contributed by atoms with E-state index in [1.807, 2.05) is 27.7 Å². The molecule has 4 nitrogen and oxygen atoms in total. The molecule has 1 rings (SSSR count). The first-order valence-corrected chi connectivity index (χ1v) is 8.96. The summed E-state index contributed by atoms with van der Waals surface area (Å²) in [5.74, 6) is -0.511. The van der Waals surface area contributed by atoms with Crippen LogP contribution in [0.5, 0.6) is 0 Å². The van der Waals surface area contributed by atoms with E-state index in [9.17, 15) is 12.8 Å². The molecule has 0 aromatic heterocycles. The van der Waals surface area contributed by atoms with Gasteiger partial charge in [0.05, 0.1) is 0 Å². The van der Waals surface area contributed by atoms with Crippen molar-refractivity contribution in [2.45, 2.75) is 39.1 Å². The third-order valence-corrected chi connectivity index (χ3v) is 5.73. The molecule has 120 valence electrons. The number of benzene rings is 1. The molecule has 0 spiro atoms. The maximum atomic E-state index is 14.2. The molecule has 0 heterocycles. The van der Waals surface area contributed by atoms with Crippen LogP contribution in [0, 0.1) is 17.2 Å². The molecule has 0 amide bonds. The molecular weight excluding hydrogens is 359 g/mol. The van der Waals surface area contributed by atoms with Crippen LogP contribution in [0.1, 0.15) is 33.3 Å². The van der Waals surface area contributed by atoms with E-state index in [-0.39, 0.29) is 34.9 Å². The number of hydrogen-bond donors (Lipinski definition) is 2. The van der Waals surface area contributed by atoms with Crippen LogP contribution in [0.2, 0.25) is 0 Å². The zero-order chi connectivity index (χ0) is 16.4. The van der Waals surface area contributed by atoms with Gasteiger partial charge in [0.1, 0.15) is 10.7 Å². The lowest BCUT2D eigenvalue weighted by molar-refractivity contribution is 0.252. The summed E-state index contributed by atoms with van der Waals surface area (Å²) in [4.78, 5) is -0.378. The molecule has 0 aliphatic carbocycles. The Balaban J connectivity index is 3.12. The Labute approximate surface area is 134 Å². The molecule has 0 saturated carbocycles. The number of halogens is 2. The zero-order valence-corrected chi connectivity index (χ0v) is 15.1. The van der Waals surface area contributed by atoms with Gasteiger partial charge in [-0.1, -0.05) is 43.6 Å². The Bertz CT molecular complexity index is 616. The summed E-state index contributed by atoms with van der Waals surface area (Å²) in [6.45, 7) is 8.12. The van der Waals surface area contributed by atoms with Gasteiger partial charge < -0.3 is 5.73 Å². The Morgan fingerprint density at radius 2 is 1.95 bits per heavy atom. The van der Waals surface area contributed by atoms with Crippen molar-refractivity contribution in [3.05, 3.63) is 28.0 Å². The van der Waals surface area contributed by atoms with Crippen LogP contribution in [0.4, 0.5) is 4.39 Å². The van der Waals surface area contributed by atoms with Crippen LogP contribution in [-0.2, 0) is 16.6 Å². The van der Waals surface area contributed by atoms with Gasteiger partial charge in [0.15, 0.2) is 0 Å². The van der Waals surface area contributed by atoms with Crippen molar-refractivity contribution in [2.75, 3.05) is 6.54 Å². The summed E-state index contributed by atoms with van der Waals surface area (Å²) in [6.07, 6.45) is 0. The van der Waals surface area contributed by atoms with Gasteiger partial charge in [0.2, 0.25) is 10.0 Å². The summed E-state index contributed by atoms with van der Waals surface area (Å²) in [6, 6.07) is 2.73. The van der Waals surface area contributed by atoms with Crippen LogP contribution < -0.4 is 10.5 Å². The van der Waals surface area contributed by atoms with Gasteiger partial charge in [0.25, 0.3) is 0 Å².